The Labute approximate surface area is 108 Å². The first-order chi connectivity index (χ1) is 8.33. The molecule has 0 radical (unpaired) electrons. The molecule has 4 heteroatoms. The summed E-state index contributed by atoms with van der Waals surface area (Å²) in [4.78, 5) is 9.74. The fourth-order valence-electron chi connectivity index (χ4n) is 2.31. The Morgan fingerprint density at radius 2 is 2.11 bits per heavy atom. The Balaban J connectivity index is 2.11. The number of aromatic nitrogens is 2. The Morgan fingerprint density at radius 1 is 1.39 bits per heavy atom. The van der Waals surface area contributed by atoms with Crippen molar-refractivity contribution in [3.63, 3.8) is 0 Å². The van der Waals surface area contributed by atoms with Crippen LogP contribution in [0.1, 0.15) is 25.2 Å². The minimum atomic E-state index is -0.663. The summed E-state index contributed by atoms with van der Waals surface area (Å²) in [5.74, 6) is 0.937. The standard InChI is InChI=1S/C14H21N3O/c1-10-15-12-6-5-11(7-13(12)16-10)8-17(4)9-14(2,3)18/h5-7,18H,8-9H2,1-4H3,(H,15,16). The van der Waals surface area contributed by atoms with Crippen LogP contribution >= 0.6 is 0 Å². The molecule has 0 aliphatic carbocycles. The van der Waals surface area contributed by atoms with E-state index < -0.39 is 5.60 Å². The van der Waals surface area contributed by atoms with Gasteiger partial charge < -0.3 is 10.1 Å². The van der Waals surface area contributed by atoms with Gasteiger partial charge in [-0.2, -0.15) is 0 Å². The molecular weight excluding hydrogens is 226 g/mol. The Kier molecular flexibility index (Phi) is 3.41. The third-order valence-corrected chi connectivity index (χ3v) is 2.77. The molecule has 1 aromatic carbocycles. The number of likely N-dealkylation sites (N-methyl/N-ethyl adjacent to an activating group) is 1. The number of nitrogens with one attached hydrogen (secondary N) is 1. The second kappa shape index (κ2) is 4.71. The maximum absolute atomic E-state index is 9.78. The maximum Gasteiger partial charge on any atom is 0.104 e. The zero-order valence-corrected chi connectivity index (χ0v) is 11.5. The fourth-order valence-corrected chi connectivity index (χ4v) is 2.31. The van der Waals surface area contributed by atoms with E-state index in [1.54, 1.807) is 0 Å². The van der Waals surface area contributed by atoms with Crippen LogP contribution in [0.15, 0.2) is 18.2 Å². The minimum Gasteiger partial charge on any atom is -0.389 e. The molecule has 0 unspecified atom stereocenters. The van der Waals surface area contributed by atoms with Gasteiger partial charge >= 0.3 is 0 Å². The van der Waals surface area contributed by atoms with Crippen LogP contribution in [-0.4, -0.2) is 39.2 Å². The van der Waals surface area contributed by atoms with E-state index in [1.807, 2.05) is 33.9 Å². The molecule has 0 aliphatic rings. The van der Waals surface area contributed by atoms with E-state index >= 15 is 0 Å². The molecule has 0 atom stereocenters. The third kappa shape index (κ3) is 3.31. The van der Waals surface area contributed by atoms with Crippen molar-refractivity contribution < 1.29 is 5.11 Å². The highest BCUT2D eigenvalue weighted by atomic mass is 16.3. The molecular formula is C14H21N3O. The Bertz CT molecular complexity index is 539. The first-order valence-electron chi connectivity index (χ1n) is 6.20. The number of hydrogen-bond donors (Lipinski definition) is 2. The van der Waals surface area contributed by atoms with Gasteiger partial charge in [-0.1, -0.05) is 6.07 Å². The van der Waals surface area contributed by atoms with Crippen LogP contribution in [0.5, 0.6) is 0 Å². The summed E-state index contributed by atoms with van der Waals surface area (Å²) in [6.45, 7) is 7.07. The average Bonchev–Trinajstić information content (AvgIpc) is 2.53. The lowest BCUT2D eigenvalue weighted by Gasteiger charge is -2.25. The number of H-pyrrole nitrogens is 1. The lowest BCUT2D eigenvalue weighted by Crippen LogP contribution is -2.35. The van der Waals surface area contributed by atoms with Crippen LogP contribution in [0.25, 0.3) is 11.0 Å². The molecule has 98 valence electrons. The summed E-state index contributed by atoms with van der Waals surface area (Å²) >= 11 is 0. The lowest BCUT2D eigenvalue weighted by molar-refractivity contribution is 0.0425. The van der Waals surface area contributed by atoms with Crippen molar-refractivity contribution in [2.24, 2.45) is 0 Å². The maximum atomic E-state index is 9.78. The van der Waals surface area contributed by atoms with Crippen molar-refractivity contribution in [2.75, 3.05) is 13.6 Å². The van der Waals surface area contributed by atoms with Crippen LogP contribution in [0.2, 0.25) is 0 Å². The van der Waals surface area contributed by atoms with Gasteiger partial charge in [-0.05, 0) is 45.5 Å². The van der Waals surface area contributed by atoms with Gasteiger partial charge in [-0.3, -0.25) is 4.90 Å². The van der Waals surface area contributed by atoms with Gasteiger partial charge in [0.05, 0.1) is 16.6 Å². The van der Waals surface area contributed by atoms with E-state index in [0.29, 0.717) is 6.54 Å². The normalized spacial score (nSPS) is 12.6. The summed E-state index contributed by atoms with van der Waals surface area (Å²) in [7, 11) is 2.01. The van der Waals surface area contributed by atoms with E-state index in [9.17, 15) is 5.11 Å². The van der Waals surface area contributed by atoms with Crippen molar-refractivity contribution in [1.29, 1.82) is 0 Å². The van der Waals surface area contributed by atoms with Gasteiger partial charge in [0.25, 0.3) is 0 Å². The highest BCUT2D eigenvalue weighted by molar-refractivity contribution is 5.75. The minimum absolute atomic E-state index is 0.646. The van der Waals surface area contributed by atoms with Crippen molar-refractivity contribution in [1.82, 2.24) is 14.9 Å². The molecule has 0 saturated heterocycles. The Hall–Kier alpha value is -1.39. The van der Waals surface area contributed by atoms with Crippen molar-refractivity contribution >= 4 is 11.0 Å². The molecule has 0 saturated carbocycles. The molecule has 4 nitrogen and oxygen atoms in total. The highest BCUT2D eigenvalue weighted by Crippen LogP contribution is 2.15. The molecule has 0 aliphatic heterocycles. The third-order valence-electron chi connectivity index (χ3n) is 2.77. The SMILES string of the molecule is Cc1nc2ccc(CN(C)CC(C)(C)O)cc2[nH]1. The molecule has 0 spiro atoms. The molecule has 0 fully saturated rings. The summed E-state index contributed by atoms with van der Waals surface area (Å²) in [5, 5.41) is 9.78. The average molecular weight is 247 g/mol. The van der Waals surface area contributed by atoms with E-state index in [4.69, 9.17) is 0 Å². The molecule has 0 amide bonds. The number of nitrogens with zero attached hydrogens (tertiary/aromatic N) is 2. The largest absolute Gasteiger partial charge is 0.389 e. The predicted molar refractivity (Wildman–Crippen MR) is 73.5 cm³/mol. The zero-order valence-electron chi connectivity index (χ0n) is 11.5. The number of aromatic amines is 1. The van der Waals surface area contributed by atoms with Gasteiger partial charge in [0.2, 0.25) is 0 Å². The summed E-state index contributed by atoms with van der Waals surface area (Å²) < 4.78 is 0. The van der Waals surface area contributed by atoms with Crippen LogP contribution in [0.3, 0.4) is 0 Å². The number of imidazole rings is 1. The van der Waals surface area contributed by atoms with E-state index in [0.717, 1.165) is 23.4 Å². The molecule has 2 rings (SSSR count). The van der Waals surface area contributed by atoms with E-state index in [2.05, 4.69) is 27.0 Å². The molecule has 18 heavy (non-hydrogen) atoms. The topological polar surface area (TPSA) is 52.1 Å². The summed E-state index contributed by atoms with van der Waals surface area (Å²) in [5.41, 5.74) is 2.63. The van der Waals surface area contributed by atoms with Gasteiger partial charge in [-0.15, -0.1) is 0 Å². The van der Waals surface area contributed by atoms with Gasteiger partial charge in [0, 0.05) is 13.1 Å². The predicted octanol–water partition coefficient (Wildman–Crippen LogP) is 2.07. The Morgan fingerprint density at radius 3 is 2.78 bits per heavy atom. The lowest BCUT2D eigenvalue weighted by atomic mass is 10.1. The second-order valence-electron chi connectivity index (χ2n) is 5.66. The number of aryl methyl sites for hydroxylation is 1. The monoisotopic (exact) mass is 247 g/mol. The molecule has 1 aromatic heterocycles. The van der Waals surface area contributed by atoms with Gasteiger partial charge in [0.1, 0.15) is 5.82 Å². The van der Waals surface area contributed by atoms with E-state index in [1.165, 1.54) is 5.56 Å². The van der Waals surface area contributed by atoms with Crippen molar-refractivity contribution in [3.05, 3.63) is 29.6 Å². The molecule has 2 aromatic rings. The molecule has 2 N–H and O–H groups in total. The van der Waals surface area contributed by atoms with Crippen molar-refractivity contribution in [3.8, 4) is 0 Å². The molecule has 1 heterocycles. The first-order valence-corrected chi connectivity index (χ1v) is 6.20. The van der Waals surface area contributed by atoms with Gasteiger partial charge in [0.15, 0.2) is 0 Å². The number of fused-ring (bicyclic) bond motifs is 1. The zero-order chi connectivity index (χ0) is 13.3. The van der Waals surface area contributed by atoms with Crippen LogP contribution < -0.4 is 0 Å². The summed E-state index contributed by atoms with van der Waals surface area (Å²) in [6.07, 6.45) is 0. The number of aliphatic hydroxyl groups is 1. The second-order valence-corrected chi connectivity index (χ2v) is 5.66. The number of rotatable bonds is 4. The van der Waals surface area contributed by atoms with Crippen LogP contribution in [0, 0.1) is 6.92 Å². The first kappa shape index (κ1) is 13.1. The quantitative estimate of drug-likeness (QED) is 0.869. The fraction of sp³-hybridized carbons (Fsp3) is 0.500. The summed E-state index contributed by atoms with van der Waals surface area (Å²) in [6, 6.07) is 6.24. The van der Waals surface area contributed by atoms with Gasteiger partial charge in [-0.25, -0.2) is 4.98 Å². The van der Waals surface area contributed by atoms with Crippen LogP contribution in [0.4, 0.5) is 0 Å². The highest BCUT2D eigenvalue weighted by Gasteiger charge is 2.15. The van der Waals surface area contributed by atoms with E-state index in [-0.39, 0.29) is 0 Å². The number of hydrogen-bond acceptors (Lipinski definition) is 3. The van der Waals surface area contributed by atoms with Crippen molar-refractivity contribution in [2.45, 2.75) is 32.9 Å². The number of benzene rings is 1. The molecule has 0 bridgehead atoms. The van der Waals surface area contributed by atoms with Crippen LogP contribution in [-0.2, 0) is 6.54 Å². The smallest absolute Gasteiger partial charge is 0.104 e.